The summed E-state index contributed by atoms with van der Waals surface area (Å²) in [6.45, 7) is 9.67. The number of para-hydroxylation sites is 1. The van der Waals surface area contributed by atoms with E-state index < -0.39 is 0 Å². The molecular formula is C20H36IN3O2. The molecule has 0 aromatic heterocycles. The van der Waals surface area contributed by atoms with E-state index in [0.717, 1.165) is 44.2 Å². The van der Waals surface area contributed by atoms with E-state index in [2.05, 4.69) is 31.0 Å². The second-order valence-electron chi connectivity index (χ2n) is 6.79. The van der Waals surface area contributed by atoms with Crippen molar-refractivity contribution in [2.75, 3.05) is 39.9 Å². The first kappa shape index (κ1) is 25.0. The Hall–Kier alpha value is -1.02. The molecule has 1 unspecified atom stereocenters. The molecule has 1 rings (SSSR count). The third kappa shape index (κ3) is 10.9. The van der Waals surface area contributed by atoms with E-state index in [0.29, 0.717) is 18.4 Å². The summed E-state index contributed by atoms with van der Waals surface area (Å²) in [6, 6.07) is 9.85. The van der Waals surface area contributed by atoms with Gasteiger partial charge in [0.2, 0.25) is 0 Å². The van der Waals surface area contributed by atoms with Gasteiger partial charge >= 0.3 is 0 Å². The van der Waals surface area contributed by atoms with Crippen LogP contribution in [0.4, 0.5) is 0 Å². The summed E-state index contributed by atoms with van der Waals surface area (Å²) >= 11 is 0. The molecule has 2 N–H and O–H groups in total. The fourth-order valence-corrected chi connectivity index (χ4v) is 2.74. The molecule has 0 saturated carbocycles. The van der Waals surface area contributed by atoms with Crippen LogP contribution in [-0.2, 0) is 0 Å². The maximum atomic E-state index is 9.26. The summed E-state index contributed by atoms with van der Waals surface area (Å²) in [7, 11) is 2.03. The Morgan fingerprint density at radius 1 is 1.27 bits per heavy atom. The lowest BCUT2D eigenvalue weighted by molar-refractivity contribution is 0.245. The van der Waals surface area contributed by atoms with Crippen molar-refractivity contribution in [1.82, 2.24) is 10.2 Å². The van der Waals surface area contributed by atoms with E-state index >= 15 is 0 Å². The molecule has 0 aliphatic rings. The summed E-state index contributed by atoms with van der Waals surface area (Å²) in [6.07, 6.45) is 1.90. The molecule has 0 saturated heterocycles. The number of rotatable bonds is 11. The Labute approximate surface area is 176 Å². The molecule has 0 fully saturated rings. The lowest BCUT2D eigenvalue weighted by Gasteiger charge is -2.23. The number of likely N-dealkylation sites (N-methyl/N-ethyl adjacent to an activating group) is 1. The van der Waals surface area contributed by atoms with Gasteiger partial charge in [-0.1, -0.05) is 32.0 Å². The molecule has 0 radical (unpaired) electrons. The predicted molar refractivity (Wildman–Crippen MR) is 121 cm³/mol. The number of hydrogen-bond acceptors (Lipinski definition) is 3. The van der Waals surface area contributed by atoms with Gasteiger partial charge in [0, 0.05) is 26.7 Å². The van der Waals surface area contributed by atoms with Gasteiger partial charge < -0.3 is 20.1 Å². The van der Waals surface area contributed by atoms with E-state index in [1.165, 1.54) is 0 Å². The van der Waals surface area contributed by atoms with Gasteiger partial charge in [0.15, 0.2) is 5.96 Å². The molecule has 0 aliphatic carbocycles. The van der Waals surface area contributed by atoms with E-state index in [1.54, 1.807) is 0 Å². The minimum Gasteiger partial charge on any atom is -0.492 e. The molecule has 5 nitrogen and oxygen atoms in total. The highest BCUT2D eigenvalue weighted by atomic mass is 127. The zero-order valence-corrected chi connectivity index (χ0v) is 19.0. The number of guanidine groups is 1. The number of nitrogens with zero attached hydrogens (tertiary/aromatic N) is 2. The summed E-state index contributed by atoms with van der Waals surface area (Å²) < 4.78 is 5.76. The molecule has 0 spiro atoms. The maximum Gasteiger partial charge on any atom is 0.193 e. The van der Waals surface area contributed by atoms with Gasteiger partial charge in [-0.05, 0) is 43.7 Å². The first-order valence-corrected chi connectivity index (χ1v) is 9.34. The molecule has 0 aliphatic heterocycles. The predicted octanol–water partition coefficient (Wildman–Crippen LogP) is 3.63. The van der Waals surface area contributed by atoms with Crippen molar-refractivity contribution in [1.29, 1.82) is 0 Å². The Balaban J connectivity index is 0.00000625. The molecule has 1 aromatic carbocycles. The first-order chi connectivity index (χ1) is 12.1. The van der Waals surface area contributed by atoms with Gasteiger partial charge in [0.25, 0.3) is 0 Å². The normalized spacial score (nSPS) is 12.5. The van der Waals surface area contributed by atoms with Crippen LogP contribution in [0.3, 0.4) is 0 Å². The molecular weight excluding hydrogens is 441 g/mol. The molecule has 1 aromatic rings. The Morgan fingerprint density at radius 3 is 2.54 bits per heavy atom. The van der Waals surface area contributed by atoms with Crippen molar-refractivity contribution in [2.45, 2.75) is 33.6 Å². The summed E-state index contributed by atoms with van der Waals surface area (Å²) in [5.74, 6) is 2.82. The van der Waals surface area contributed by atoms with Gasteiger partial charge in [-0.2, -0.15) is 0 Å². The molecule has 0 amide bonds. The van der Waals surface area contributed by atoms with Gasteiger partial charge in [-0.15, -0.1) is 24.0 Å². The van der Waals surface area contributed by atoms with Crippen LogP contribution in [0.1, 0.15) is 33.6 Å². The van der Waals surface area contributed by atoms with Gasteiger partial charge in [0.1, 0.15) is 12.4 Å². The van der Waals surface area contributed by atoms with E-state index in [1.807, 2.05) is 37.4 Å². The number of ether oxygens (including phenoxy) is 1. The third-order valence-electron chi connectivity index (χ3n) is 3.98. The van der Waals surface area contributed by atoms with Crippen LogP contribution in [0.25, 0.3) is 0 Å². The maximum absolute atomic E-state index is 9.26. The van der Waals surface area contributed by atoms with E-state index in [-0.39, 0.29) is 30.6 Å². The van der Waals surface area contributed by atoms with Gasteiger partial charge in [-0.25, -0.2) is 0 Å². The number of benzene rings is 1. The summed E-state index contributed by atoms with van der Waals surface area (Å²) in [5, 5.41) is 12.6. The highest BCUT2D eigenvalue weighted by Crippen LogP contribution is 2.15. The van der Waals surface area contributed by atoms with Crippen molar-refractivity contribution in [3.63, 3.8) is 0 Å². The van der Waals surface area contributed by atoms with Crippen molar-refractivity contribution in [2.24, 2.45) is 16.8 Å². The molecule has 0 heterocycles. The lowest BCUT2D eigenvalue weighted by atomic mass is 9.94. The molecule has 6 heteroatoms. The largest absolute Gasteiger partial charge is 0.492 e. The standard InChI is InChI=1S/C20H35N3O2.HI/c1-5-21-20(22-16-18(11-13-24)15-17(2)3)23(4)12-14-25-19-9-7-6-8-10-19;/h6-10,17-18,24H,5,11-16H2,1-4H3,(H,21,22);1H. The Morgan fingerprint density at radius 2 is 1.96 bits per heavy atom. The van der Waals surface area contributed by atoms with E-state index in [4.69, 9.17) is 9.73 Å². The highest BCUT2D eigenvalue weighted by Gasteiger charge is 2.12. The number of aliphatic hydroxyl groups excluding tert-OH is 1. The summed E-state index contributed by atoms with van der Waals surface area (Å²) in [5.41, 5.74) is 0. The zero-order chi connectivity index (χ0) is 18.5. The van der Waals surface area contributed by atoms with Crippen LogP contribution >= 0.6 is 24.0 Å². The number of halogens is 1. The number of aliphatic hydroxyl groups is 1. The Kier molecular flexibility index (Phi) is 14.5. The smallest absolute Gasteiger partial charge is 0.193 e. The SMILES string of the molecule is CCNC(=NCC(CCO)CC(C)C)N(C)CCOc1ccccc1.I. The van der Waals surface area contributed by atoms with Crippen molar-refractivity contribution < 1.29 is 9.84 Å². The monoisotopic (exact) mass is 477 g/mol. The molecule has 26 heavy (non-hydrogen) atoms. The minimum absolute atomic E-state index is 0. The van der Waals surface area contributed by atoms with Crippen LogP contribution < -0.4 is 10.1 Å². The summed E-state index contributed by atoms with van der Waals surface area (Å²) in [4.78, 5) is 6.87. The van der Waals surface area contributed by atoms with Crippen LogP contribution in [0.5, 0.6) is 5.75 Å². The van der Waals surface area contributed by atoms with Gasteiger partial charge in [0.05, 0.1) is 6.54 Å². The highest BCUT2D eigenvalue weighted by molar-refractivity contribution is 14.0. The molecule has 1 atom stereocenters. The second kappa shape index (κ2) is 15.1. The third-order valence-corrected chi connectivity index (χ3v) is 3.98. The second-order valence-corrected chi connectivity index (χ2v) is 6.79. The Bertz CT molecular complexity index is 483. The first-order valence-electron chi connectivity index (χ1n) is 9.34. The number of aliphatic imine (C=N–C) groups is 1. The van der Waals surface area contributed by atoms with Crippen molar-refractivity contribution >= 4 is 29.9 Å². The van der Waals surface area contributed by atoms with Crippen LogP contribution in [0.15, 0.2) is 35.3 Å². The number of hydrogen-bond donors (Lipinski definition) is 2. The van der Waals surface area contributed by atoms with Crippen molar-refractivity contribution in [3.05, 3.63) is 30.3 Å². The van der Waals surface area contributed by atoms with E-state index in [9.17, 15) is 5.11 Å². The lowest BCUT2D eigenvalue weighted by Crippen LogP contribution is -2.41. The average molecular weight is 477 g/mol. The topological polar surface area (TPSA) is 57.1 Å². The van der Waals surface area contributed by atoms with Crippen LogP contribution in [0.2, 0.25) is 0 Å². The zero-order valence-electron chi connectivity index (χ0n) is 16.6. The number of nitrogens with one attached hydrogen (secondary N) is 1. The molecule has 150 valence electrons. The average Bonchev–Trinajstić information content (AvgIpc) is 2.59. The van der Waals surface area contributed by atoms with Crippen LogP contribution in [0, 0.1) is 11.8 Å². The quantitative estimate of drug-likeness (QED) is 0.291. The fraction of sp³-hybridized carbons (Fsp3) is 0.650. The fourth-order valence-electron chi connectivity index (χ4n) is 2.74. The van der Waals surface area contributed by atoms with Crippen LogP contribution in [-0.4, -0.2) is 55.9 Å². The minimum atomic E-state index is 0. The molecule has 0 bridgehead atoms. The van der Waals surface area contributed by atoms with Crippen molar-refractivity contribution in [3.8, 4) is 5.75 Å². The van der Waals surface area contributed by atoms with Gasteiger partial charge in [-0.3, -0.25) is 4.99 Å².